The number of aldehydes is 1. The summed E-state index contributed by atoms with van der Waals surface area (Å²) >= 11 is 3.19. The average Bonchev–Trinajstić information content (AvgIpc) is 2.02. The monoisotopic (exact) mass is 226 g/mol. The normalized spacial score (nSPS) is 32.2. The van der Waals surface area contributed by atoms with Crippen molar-refractivity contribution >= 4 is 22.2 Å². The van der Waals surface area contributed by atoms with Crippen LogP contribution in [0.2, 0.25) is 0 Å². The summed E-state index contributed by atoms with van der Waals surface area (Å²) in [5.74, 6) is 0.137. The van der Waals surface area contributed by atoms with Gasteiger partial charge < -0.3 is 9.90 Å². The third kappa shape index (κ3) is 0.719. The minimum absolute atomic E-state index is 0.137. The van der Waals surface area contributed by atoms with Crippen LogP contribution < -0.4 is 0 Å². The van der Waals surface area contributed by atoms with Crippen molar-refractivity contribution in [3.8, 4) is 0 Å². The fourth-order valence-electron chi connectivity index (χ4n) is 1.52. The second kappa shape index (κ2) is 2.33. The number of allylic oxidation sites excluding steroid dienone is 5. The number of carbonyl (C=O) groups excluding carboxylic acids is 1. The minimum Gasteiger partial charge on any atom is -0.510 e. The van der Waals surface area contributed by atoms with Gasteiger partial charge in [-0.25, -0.2) is 0 Å². The van der Waals surface area contributed by atoms with Crippen molar-refractivity contribution in [3.63, 3.8) is 0 Å². The Morgan fingerprint density at radius 1 is 1.58 bits per heavy atom. The molecule has 0 saturated carbocycles. The third-order valence-corrected chi connectivity index (χ3v) is 3.06. The lowest BCUT2D eigenvalue weighted by Gasteiger charge is -2.37. The second-order valence-electron chi connectivity index (χ2n) is 2.98. The molecular weight excluding hydrogens is 220 g/mol. The summed E-state index contributed by atoms with van der Waals surface area (Å²) in [6.07, 6.45) is 6.96. The zero-order valence-corrected chi connectivity index (χ0v) is 7.84. The molecule has 0 amide bonds. The summed E-state index contributed by atoms with van der Waals surface area (Å²) in [7, 11) is 0. The molecule has 2 aliphatic rings. The maximum Gasteiger partial charge on any atom is 0.138 e. The van der Waals surface area contributed by atoms with Crippen LogP contribution in [0.5, 0.6) is 0 Å². The van der Waals surface area contributed by atoms with Crippen LogP contribution in [0.4, 0.5) is 0 Å². The molecule has 0 spiro atoms. The molecule has 0 bridgehead atoms. The predicted octanol–water partition coefficient (Wildman–Crippen LogP) is 2.24. The highest BCUT2D eigenvalue weighted by Gasteiger charge is 2.45. The fraction of sp³-hybridized carbons (Fsp3) is 0.222. The average molecular weight is 227 g/mol. The molecule has 12 heavy (non-hydrogen) atoms. The van der Waals surface area contributed by atoms with Crippen LogP contribution in [0, 0.1) is 5.41 Å². The van der Waals surface area contributed by atoms with Gasteiger partial charge >= 0.3 is 0 Å². The van der Waals surface area contributed by atoms with Crippen molar-refractivity contribution in [2.24, 2.45) is 5.41 Å². The quantitative estimate of drug-likeness (QED) is 0.697. The lowest BCUT2D eigenvalue weighted by molar-refractivity contribution is -0.114. The molecule has 1 unspecified atom stereocenters. The Kier molecular flexibility index (Phi) is 1.51. The molecule has 2 nitrogen and oxygen atoms in total. The number of halogens is 1. The van der Waals surface area contributed by atoms with Gasteiger partial charge in [-0.2, -0.15) is 0 Å². The maximum absolute atomic E-state index is 10.8. The van der Waals surface area contributed by atoms with Crippen molar-refractivity contribution in [3.05, 3.63) is 34.0 Å². The summed E-state index contributed by atoms with van der Waals surface area (Å²) in [5, 5.41) is 9.63. The molecule has 0 heterocycles. The van der Waals surface area contributed by atoms with Gasteiger partial charge in [0.1, 0.15) is 17.5 Å². The number of hydrogen-bond donors (Lipinski definition) is 1. The van der Waals surface area contributed by atoms with E-state index in [1.54, 1.807) is 6.08 Å². The Bertz CT molecular complexity index is 338. The Labute approximate surface area is 78.4 Å². The lowest BCUT2D eigenvalue weighted by atomic mass is 9.66. The summed E-state index contributed by atoms with van der Waals surface area (Å²) in [4.78, 5) is 10.8. The molecule has 3 heteroatoms. The molecule has 0 aromatic rings. The van der Waals surface area contributed by atoms with E-state index >= 15 is 0 Å². The van der Waals surface area contributed by atoms with Gasteiger partial charge in [0.05, 0.1) is 4.48 Å². The molecule has 0 aromatic carbocycles. The molecule has 0 fully saturated rings. The predicted molar refractivity (Wildman–Crippen MR) is 48.9 cm³/mol. The summed E-state index contributed by atoms with van der Waals surface area (Å²) in [6.45, 7) is 0. The van der Waals surface area contributed by atoms with Gasteiger partial charge in [0.25, 0.3) is 0 Å². The molecule has 0 aromatic heterocycles. The first-order chi connectivity index (χ1) is 5.70. The van der Waals surface area contributed by atoms with Crippen LogP contribution in [0.1, 0.15) is 6.42 Å². The minimum atomic E-state index is -0.729. The van der Waals surface area contributed by atoms with Crippen molar-refractivity contribution in [2.45, 2.75) is 6.42 Å². The van der Waals surface area contributed by atoms with Crippen LogP contribution in [0.25, 0.3) is 0 Å². The molecule has 0 aliphatic heterocycles. The van der Waals surface area contributed by atoms with Crippen LogP contribution in [-0.4, -0.2) is 11.4 Å². The third-order valence-electron chi connectivity index (χ3n) is 2.42. The van der Waals surface area contributed by atoms with Gasteiger partial charge in [-0.05, 0) is 34.0 Å². The number of fused-ring (bicyclic) bond motifs is 1. The standard InChI is InChI=1S/C9H7BrO2/c10-7-2-1-6-3-4-9(6,5-11)8(7)12/h1-3,5,12H,4H2. The summed E-state index contributed by atoms with van der Waals surface area (Å²) < 4.78 is 0.603. The van der Waals surface area contributed by atoms with Gasteiger partial charge in [-0.1, -0.05) is 12.2 Å². The maximum atomic E-state index is 10.8. The van der Waals surface area contributed by atoms with E-state index in [0.29, 0.717) is 10.9 Å². The molecule has 0 radical (unpaired) electrons. The number of rotatable bonds is 1. The van der Waals surface area contributed by atoms with Gasteiger partial charge in [0.2, 0.25) is 0 Å². The number of carbonyl (C=O) groups is 1. The van der Waals surface area contributed by atoms with E-state index in [1.807, 2.05) is 12.2 Å². The molecule has 2 rings (SSSR count). The van der Waals surface area contributed by atoms with E-state index < -0.39 is 5.41 Å². The van der Waals surface area contributed by atoms with Crippen molar-refractivity contribution in [1.82, 2.24) is 0 Å². The molecular formula is C9H7BrO2. The second-order valence-corrected chi connectivity index (χ2v) is 3.84. The van der Waals surface area contributed by atoms with Crippen LogP contribution >= 0.6 is 15.9 Å². The van der Waals surface area contributed by atoms with Crippen molar-refractivity contribution in [1.29, 1.82) is 0 Å². The number of aliphatic hydroxyl groups is 1. The number of aliphatic hydroxyl groups excluding tert-OH is 1. The Morgan fingerprint density at radius 3 is 2.75 bits per heavy atom. The van der Waals surface area contributed by atoms with E-state index in [2.05, 4.69) is 15.9 Å². The van der Waals surface area contributed by atoms with Gasteiger partial charge in [-0.15, -0.1) is 0 Å². The molecule has 1 N–H and O–H groups in total. The van der Waals surface area contributed by atoms with Gasteiger partial charge in [-0.3, -0.25) is 0 Å². The summed E-state index contributed by atoms with van der Waals surface area (Å²) in [6, 6.07) is 0. The molecule has 0 saturated heterocycles. The zero-order valence-electron chi connectivity index (χ0n) is 6.25. The molecule has 1 atom stereocenters. The first-order valence-electron chi connectivity index (χ1n) is 3.65. The topological polar surface area (TPSA) is 37.3 Å². The first-order valence-corrected chi connectivity index (χ1v) is 4.44. The first kappa shape index (κ1) is 7.80. The van der Waals surface area contributed by atoms with E-state index in [1.165, 1.54) is 0 Å². The Morgan fingerprint density at radius 2 is 2.33 bits per heavy atom. The van der Waals surface area contributed by atoms with Gasteiger partial charge in [0.15, 0.2) is 0 Å². The highest BCUT2D eigenvalue weighted by Crippen LogP contribution is 2.49. The molecule has 62 valence electrons. The lowest BCUT2D eigenvalue weighted by Crippen LogP contribution is -2.34. The van der Waals surface area contributed by atoms with E-state index in [9.17, 15) is 9.90 Å². The largest absolute Gasteiger partial charge is 0.510 e. The van der Waals surface area contributed by atoms with E-state index in [0.717, 1.165) is 11.9 Å². The van der Waals surface area contributed by atoms with Crippen LogP contribution in [0.15, 0.2) is 34.0 Å². The highest BCUT2D eigenvalue weighted by molar-refractivity contribution is 9.11. The zero-order chi connectivity index (χ0) is 8.77. The van der Waals surface area contributed by atoms with Crippen LogP contribution in [0.3, 0.4) is 0 Å². The highest BCUT2D eigenvalue weighted by atomic mass is 79.9. The van der Waals surface area contributed by atoms with Crippen molar-refractivity contribution < 1.29 is 9.90 Å². The van der Waals surface area contributed by atoms with E-state index in [4.69, 9.17) is 0 Å². The Hall–Kier alpha value is -0.830. The fourth-order valence-corrected chi connectivity index (χ4v) is 2.00. The van der Waals surface area contributed by atoms with Crippen molar-refractivity contribution in [2.75, 3.05) is 0 Å². The Balaban J connectivity index is 2.56. The van der Waals surface area contributed by atoms with Gasteiger partial charge in [0, 0.05) is 0 Å². The number of hydrogen-bond acceptors (Lipinski definition) is 2. The SMILES string of the molecule is O=CC12CC=C1C=CC(Br)=C2O. The van der Waals surface area contributed by atoms with E-state index in [-0.39, 0.29) is 5.76 Å². The smallest absolute Gasteiger partial charge is 0.138 e. The summed E-state index contributed by atoms with van der Waals surface area (Å²) in [5.41, 5.74) is 0.173. The van der Waals surface area contributed by atoms with Crippen LogP contribution in [-0.2, 0) is 4.79 Å². The molecule has 2 aliphatic carbocycles.